The zero-order chi connectivity index (χ0) is 10.2. The molecule has 0 aliphatic heterocycles. The molecule has 0 atom stereocenters. The predicted octanol–water partition coefficient (Wildman–Crippen LogP) is 1.70. The summed E-state index contributed by atoms with van der Waals surface area (Å²) < 4.78 is 5.26. The van der Waals surface area contributed by atoms with Gasteiger partial charge < -0.3 is 10.1 Å². The maximum Gasteiger partial charge on any atom is 0.220 e. The summed E-state index contributed by atoms with van der Waals surface area (Å²) in [6.45, 7) is 2.22. The standard InChI is InChI=1S/C10H18BrNO2/c11-4-7-14-6-1-5-12-10(13)8-9-2-3-9/h9H,1-8H2,(H,12,13). The van der Waals surface area contributed by atoms with E-state index in [0.29, 0.717) is 5.92 Å². The van der Waals surface area contributed by atoms with Crippen molar-refractivity contribution >= 4 is 21.8 Å². The molecule has 3 nitrogen and oxygen atoms in total. The van der Waals surface area contributed by atoms with Crippen LogP contribution >= 0.6 is 15.9 Å². The van der Waals surface area contributed by atoms with E-state index in [1.165, 1.54) is 12.8 Å². The fraction of sp³-hybridized carbons (Fsp3) is 0.900. The molecular weight excluding hydrogens is 246 g/mol. The summed E-state index contributed by atoms with van der Waals surface area (Å²) in [6, 6.07) is 0. The normalized spacial score (nSPS) is 15.5. The molecule has 1 aliphatic carbocycles. The lowest BCUT2D eigenvalue weighted by molar-refractivity contribution is -0.121. The van der Waals surface area contributed by atoms with Gasteiger partial charge in [0.25, 0.3) is 0 Å². The highest BCUT2D eigenvalue weighted by atomic mass is 79.9. The zero-order valence-electron chi connectivity index (χ0n) is 8.43. The minimum atomic E-state index is 0.202. The Labute approximate surface area is 93.7 Å². The zero-order valence-corrected chi connectivity index (χ0v) is 10.0. The second-order valence-electron chi connectivity index (χ2n) is 3.65. The fourth-order valence-electron chi connectivity index (χ4n) is 1.21. The molecule has 0 aromatic carbocycles. The molecule has 0 aromatic rings. The topological polar surface area (TPSA) is 38.3 Å². The Morgan fingerprint density at radius 3 is 2.86 bits per heavy atom. The van der Waals surface area contributed by atoms with E-state index in [1.807, 2.05) is 0 Å². The summed E-state index contributed by atoms with van der Waals surface area (Å²) in [5.41, 5.74) is 0. The van der Waals surface area contributed by atoms with Gasteiger partial charge >= 0.3 is 0 Å². The van der Waals surface area contributed by atoms with Crippen LogP contribution in [-0.4, -0.2) is 31.0 Å². The summed E-state index contributed by atoms with van der Waals surface area (Å²) in [6.07, 6.45) is 4.11. The van der Waals surface area contributed by atoms with Crippen LogP contribution in [-0.2, 0) is 9.53 Å². The van der Waals surface area contributed by atoms with Crippen molar-refractivity contribution in [3.63, 3.8) is 0 Å². The van der Waals surface area contributed by atoms with Gasteiger partial charge in [0.2, 0.25) is 5.91 Å². The van der Waals surface area contributed by atoms with E-state index in [1.54, 1.807) is 0 Å². The monoisotopic (exact) mass is 263 g/mol. The second kappa shape index (κ2) is 7.23. The molecule has 0 spiro atoms. The number of carbonyl (C=O) groups is 1. The van der Waals surface area contributed by atoms with E-state index < -0.39 is 0 Å². The quantitative estimate of drug-likeness (QED) is 0.535. The Kier molecular flexibility index (Phi) is 6.19. The van der Waals surface area contributed by atoms with Crippen LogP contribution in [0.2, 0.25) is 0 Å². The van der Waals surface area contributed by atoms with E-state index in [9.17, 15) is 4.79 Å². The summed E-state index contributed by atoms with van der Waals surface area (Å²) >= 11 is 3.28. The minimum absolute atomic E-state index is 0.202. The Balaban J connectivity index is 1.80. The van der Waals surface area contributed by atoms with Gasteiger partial charge in [-0.3, -0.25) is 4.79 Å². The predicted molar refractivity (Wildman–Crippen MR) is 59.6 cm³/mol. The van der Waals surface area contributed by atoms with Crippen molar-refractivity contribution in [3.8, 4) is 0 Å². The molecule has 1 rings (SSSR count). The van der Waals surface area contributed by atoms with Crippen molar-refractivity contribution in [1.29, 1.82) is 0 Å². The van der Waals surface area contributed by atoms with Crippen LogP contribution in [0, 0.1) is 5.92 Å². The Morgan fingerprint density at radius 1 is 1.43 bits per heavy atom. The largest absolute Gasteiger partial charge is 0.381 e. The molecule has 1 aliphatic rings. The number of amides is 1. The SMILES string of the molecule is O=C(CC1CC1)NCCCOCCBr. The minimum Gasteiger partial charge on any atom is -0.381 e. The first-order chi connectivity index (χ1) is 6.83. The van der Waals surface area contributed by atoms with Crippen LogP contribution in [0.1, 0.15) is 25.7 Å². The number of nitrogens with one attached hydrogen (secondary N) is 1. The van der Waals surface area contributed by atoms with Gasteiger partial charge in [-0.25, -0.2) is 0 Å². The Hall–Kier alpha value is -0.0900. The molecule has 1 amide bonds. The van der Waals surface area contributed by atoms with Crippen LogP contribution in [0.4, 0.5) is 0 Å². The number of carbonyl (C=O) groups excluding carboxylic acids is 1. The average Bonchev–Trinajstić information content (AvgIpc) is 2.95. The van der Waals surface area contributed by atoms with Gasteiger partial charge in [-0.1, -0.05) is 15.9 Å². The number of rotatable bonds is 8. The third-order valence-corrected chi connectivity index (χ3v) is 2.50. The summed E-state index contributed by atoms with van der Waals surface area (Å²) in [5.74, 6) is 0.882. The van der Waals surface area contributed by atoms with Gasteiger partial charge in [0.1, 0.15) is 0 Å². The maximum absolute atomic E-state index is 11.2. The van der Waals surface area contributed by atoms with Gasteiger partial charge in [0.15, 0.2) is 0 Å². The van der Waals surface area contributed by atoms with Gasteiger partial charge in [0.05, 0.1) is 6.61 Å². The first-order valence-corrected chi connectivity index (χ1v) is 6.35. The molecule has 0 radical (unpaired) electrons. The molecule has 82 valence electrons. The number of hydrogen-bond donors (Lipinski definition) is 1. The Bertz CT molecular complexity index is 172. The van der Waals surface area contributed by atoms with Gasteiger partial charge in [-0.2, -0.15) is 0 Å². The van der Waals surface area contributed by atoms with Crippen LogP contribution in [0.5, 0.6) is 0 Å². The number of ether oxygens (including phenoxy) is 1. The third kappa shape index (κ3) is 6.38. The lowest BCUT2D eigenvalue weighted by atomic mass is 10.3. The first-order valence-electron chi connectivity index (χ1n) is 5.23. The molecule has 0 unspecified atom stereocenters. The summed E-state index contributed by atoms with van der Waals surface area (Å²) in [7, 11) is 0. The molecule has 4 heteroatoms. The first kappa shape index (κ1) is 12.0. The molecule has 0 aromatic heterocycles. The van der Waals surface area contributed by atoms with Crippen molar-refractivity contribution < 1.29 is 9.53 Å². The lowest BCUT2D eigenvalue weighted by Crippen LogP contribution is -2.25. The lowest BCUT2D eigenvalue weighted by Gasteiger charge is -2.04. The molecular formula is C10H18BrNO2. The van der Waals surface area contributed by atoms with E-state index in [-0.39, 0.29) is 5.91 Å². The van der Waals surface area contributed by atoms with Gasteiger partial charge in [-0.15, -0.1) is 0 Å². The van der Waals surface area contributed by atoms with Gasteiger partial charge in [0, 0.05) is 24.9 Å². The molecule has 0 saturated heterocycles. The van der Waals surface area contributed by atoms with Crippen molar-refractivity contribution in [1.82, 2.24) is 5.32 Å². The van der Waals surface area contributed by atoms with Crippen molar-refractivity contribution in [2.24, 2.45) is 5.92 Å². The van der Waals surface area contributed by atoms with Crippen LogP contribution < -0.4 is 5.32 Å². The molecule has 0 heterocycles. The smallest absolute Gasteiger partial charge is 0.220 e. The molecule has 14 heavy (non-hydrogen) atoms. The number of alkyl halides is 1. The highest BCUT2D eigenvalue weighted by molar-refractivity contribution is 9.09. The van der Waals surface area contributed by atoms with E-state index in [4.69, 9.17) is 4.74 Å². The second-order valence-corrected chi connectivity index (χ2v) is 4.45. The van der Waals surface area contributed by atoms with Crippen LogP contribution in [0.25, 0.3) is 0 Å². The van der Waals surface area contributed by atoms with E-state index >= 15 is 0 Å². The highest BCUT2D eigenvalue weighted by Gasteiger charge is 2.23. The van der Waals surface area contributed by atoms with E-state index in [0.717, 1.165) is 37.9 Å². The van der Waals surface area contributed by atoms with Crippen molar-refractivity contribution in [2.75, 3.05) is 25.1 Å². The molecule has 1 saturated carbocycles. The van der Waals surface area contributed by atoms with Crippen LogP contribution in [0.3, 0.4) is 0 Å². The van der Waals surface area contributed by atoms with Crippen molar-refractivity contribution in [3.05, 3.63) is 0 Å². The molecule has 1 N–H and O–H groups in total. The number of halogens is 1. The average molecular weight is 264 g/mol. The van der Waals surface area contributed by atoms with Crippen LogP contribution in [0.15, 0.2) is 0 Å². The molecule has 0 bridgehead atoms. The third-order valence-electron chi connectivity index (χ3n) is 2.18. The number of hydrogen-bond acceptors (Lipinski definition) is 2. The highest BCUT2D eigenvalue weighted by Crippen LogP contribution is 2.31. The fourth-order valence-corrected chi connectivity index (χ4v) is 1.44. The summed E-state index contributed by atoms with van der Waals surface area (Å²) in [4.78, 5) is 11.2. The summed E-state index contributed by atoms with van der Waals surface area (Å²) in [5, 5.41) is 3.78. The molecule has 1 fully saturated rings. The van der Waals surface area contributed by atoms with Gasteiger partial charge in [-0.05, 0) is 25.2 Å². The maximum atomic E-state index is 11.2. The van der Waals surface area contributed by atoms with Crippen molar-refractivity contribution in [2.45, 2.75) is 25.7 Å². The van der Waals surface area contributed by atoms with E-state index in [2.05, 4.69) is 21.2 Å². The Morgan fingerprint density at radius 2 is 2.21 bits per heavy atom.